The summed E-state index contributed by atoms with van der Waals surface area (Å²) in [6.07, 6.45) is 1.57. The van der Waals surface area contributed by atoms with Gasteiger partial charge in [0.1, 0.15) is 5.82 Å². The molecular weight excluding hydrogens is 370 g/mol. The van der Waals surface area contributed by atoms with Crippen molar-refractivity contribution in [3.8, 4) is 11.1 Å². The van der Waals surface area contributed by atoms with E-state index in [4.69, 9.17) is 12.2 Å². The molecule has 0 radical (unpaired) electrons. The zero-order chi connectivity index (χ0) is 20.1. The van der Waals surface area contributed by atoms with E-state index in [1.54, 1.807) is 17.5 Å². The van der Waals surface area contributed by atoms with Crippen LogP contribution in [0.4, 0.5) is 0 Å². The first-order chi connectivity index (χ1) is 13.5. The van der Waals surface area contributed by atoms with Crippen LogP contribution in [-0.2, 0) is 13.0 Å². The molecule has 1 heterocycles. The summed E-state index contributed by atoms with van der Waals surface area (Å²) in [6.45, 7) is 4.90. The van der Waals surface area contributed by atoms with Crippen molar-refractivity contribution in [3.63, 3.8) is 0 Å². The maximum atomic E-state index is 11.5. The topological polar surface area (TPSA) is 68.0 Å². The summed E-state index contributed by atoms with van der Waals surface area (Å²) in [7, 11) is 0. The van der Waals surface area contributed by atoms with Crippen LogP contribution in [-0.4, -0.2) is 31.2 Å². The van der Waals surface area contributed by atoms with Crippen LogP contribution in [0.1, 0.15) is 53.8 Å². The lowest BCUT2D eigenvalue weighted by atomic mass is 9.99. The van der Waals surface area contributed by atoms with Crippen LogP contribution in [0, 0.1) is 0 Å². The molecule has 3 rings (SSSR count). The van der Waals surface area contributed by atoms with Gasteiger partial charge in [-0.3, -0.25) is 0 Å². The third-order valence-electron chi connectivity index (χ3n) is 4.82. The minimum absolute atomic E-state index is 0.301. The van der Waals surface area contributed by atoms with E-state index < -0.39 is 5.97 Å². The van der Waals surface area contributed by atoms with Crippen LogP contribution in [0.3, 0.4) is 0 Å². The fourth-order valence-electron chi connectivity index (χ4n) is 3.11. The molecule has 5 nitrogen and oxygen atoms in total. The Morgan fingerprint density at radius 2 is 1.93 bits per heavy atom. The maximum Gasteiger partial charge on any atom is 0.336 e. The van der Waals surface area contributed by atoms with Gasteiger partial charge in [-0.05, 0) is 34.5 Å². The average Bonchev–Trinajstić information content (AvgIpc) is 3.10. The van der Waals surface area contributed by atoms with Crippen LogP contribution < -0.4 is 0 Å². The molecule has 28 heavy (non-hydrogen) atoms. The highest BCUT2D eigenvalue weighted by molar-refractivity contribution is 7.78. The van der Waals surface area contributed by atoms with Gasteiger partial charge >= 0.3 is 5.97 Å². The number of thiocarbonyl (C=S) groups is 1. The minimum Gasteiger partial charge on any atom is -0.478 e. The molecule has 3 aromatic rings. The van der Waals surface area contributed by atoms with E-state index >= 15 is 0 Å². The van der Waals surface area contributed by atoms with Crippen LogP contribution >= 0.6 is 12.2 Å². The first-order valence-electron chi connectivity index (χ1n) is 9.32. The molecule has 0 spiro atoms. The number of rotatable bonds is 8. The summed E-state index contributed by atoms with van der Waals surface area (Å²) in [6, 6.07) is 15.0. The second-order valence-electron chi connectivity index (χ2n) is 6.77. The van der Waals surface area contributed by atoms with Gasteiger partial charge in [0.25, 0.3) is 0 Å². The van der Waals surface area contributed by atoms with Crippen molar-refractivity contribution in [2.75, 3.05) is 0 Å². The Hall–Kier alpha value is -2.86. The van der Waals surface area contributed by atoms with Crippen molar-refractivity contribution < 1.29 is 9.90 Å². The lowest BCUT2D eigenvalue weighted by Gasteiger charge is -2.11. The summed E-state index contributed by atoms with van der Waals surface area (Å²) >= 11 is 4.94. The van der Waals surface area contributed by atoms with Crippen LogP contribution in [0.2, 0.25) is 0 Å². The number of aromatic nitrogens is 3. The first-order valence-corrected chi connectivity index (χ1v) is 9.79. The molecule has 1 N–H and O–H groups in total. The average molecular weight is 394 g/mol. The van der Waals surface area contributed by atoms with E-state index in [1.165, 1.54) is 0 Å². The SMILES string of the molecule is CCC(C)c1nc(CC=S)nn1Cc1ccc(-c2ccccc2C(=O)O)cc1. The van der Waals surface area contributed by atoms with Crippen LogP contribution in [0.25, 0.3) is 11.1 Å². The van der Waals surface area contributed by atoms with Gasteiger partial charge in [-0.15, -0.1) is 0 Å². The highest BCUT2D eigenvalue weighted by Crippen LogP contribution is 2.25. The van der Waals surface area contributed by atoms with Gasteiger partial charge in [0.2, 0.25) is 0 Å². The zero-order valence-electron chi connectivity index (χ0n) is 16.0. The molecule has 1 unspecified atom stereocenters. The number of benzene rings is 2. The molecule has 0 saturated carbocycles. The molecule has 0 amide bonds. The van der Waals surface area contributed by atoms with E-state index in [0.29, 0.717) is 30.0 Å². The number of carboxylic acid groups (broad SMARTS) is 1. The van der Waals surface area contributed by atoms with Crippen molar-refractivity contribution in [2.45, 2.75) is 39.2 Å². The molecule has 0 aliphatic heterocycles. The minimum atomic E-state index is -0.924. The number of hydrogen-bond donors (Lipinski definition) is 1. The van der Waals surface area contributed by atoms with E-state index in [2.05, 4.69) is 23.9 Å². The molecule has 0 fully saturated rings. The molecule has 6 heteroatoms. The molecule has 144 valence electrons. The highest BCUT2D eigenvalue weighted by Gasteiger charge is 2.15. The lowest BCUT2D eigenvalue weighted by Crippen LogP contribution is -2.09. The molecule has 0 aliphatic carbocycles. The van der Waals surface area contributed by atoms with Gasteiger partial charge in [-0.2, -0.15) is 5.10 Å². The molecule has 0 aliphatic rings. The van der Waals surface area contributed by atoms with Gasteiger partial charge in [-0.1, -0.05) is 68.5 Å². The second kappa shape index (κ2) is 8.89. The Balaban J connectivity index is 1.88. The first kappa shape index (κ1) is 19.9. The number of nitrogens with zero attached hydrogens (tertiary/aromatic N) is 3. The van der Waals surface area contributed by atoms with E-state index in [-0.39, 0.29) is 0 Å². The van der Waals surface area contributed by atoms with E-state index in [1.807, 2.05) is 41.1 Å². The van der Waals surface area contributed by atoms with Crippen molar-refractivity contribution in [3.05, 3.63) is 71.3 Å². The van der Waals surface area contributed by atoms with Gasteiger partial charge in [-0.25, -0.2) is 14.5 Å². The molecule has 2 aromatic carbocycles. The number of carboxylic acids is 1. The van der Waals surface area contributed by atoms with Gasteiger partial charge in [0.05, 0.1) is 12.1 Å². The zero-order valence-corrected chi connectivity index (χ0v) is 16.8. The van der Waals surface area contributed by atoms with Crippen molar-refractivity contribution in [1.82, 2.24) is 14.8 Å². The quantitative estimate of drug-likeness (QED) is 0.560. The molecule has 1 aromatic heterocycles. The smallest absolute Gasteiger partial charge is 0.336 e. The summed E-state index contributed by atoms with van der Waals surface area (Å²) in [5, 5.41) is 15.7. The molecular formula is C22H23N3O2S. The monoisotopic (exact) mass is 393 g/mol. The number of aromatic carboxylic acids is 1. The Kier molecular flexibility index (Phi) is 6.31. The molecule has 0 bridgehead atoms. The van der Waals surface area contributed by atoms with Gasteiger partial charge in [0, 0.05) is 12.3 Å². The summed E-state index contributed by atoms with van der Waals surface area (Å²) in [4.78, 5) is 16.1. The summed E-state index contributed by atoms with van der Waals surface area (Å²) in [5.41, 5.74) is 2.98. The highest BCUT2D eigenvalue weighted by atomic mass is 32.1. The van der Waals surface area contributed by atoms with Crippen LogP contribution in [0.5, 0.6) is 0 Å². The summed E-state index contributed by atoms with van der Waals surface area (Å²) in [5.74, 6) is 1.10. The fourth-order valence-corrected chi connectivity index (χ4v) is 3.26. The Bertz CT molecular complexity index is 980. The Labute approximate surface area is 170 Å². The molecule has 0 saturated heterocycles. The summed E-state index contributed by atoms with van der Waals surface area (Å²) < 4.78 is 1.95. The number of carbonyl (C=O) groups is 1. The van der Waals surface area contributed by atoms with E-state index in [0.717, 1.165) is 29.2 Å². The Morgan fingerprint density at radius 3 is 2.57 bits per heavy atom. The third-order valence-corrected chi connectivity index (χ3v) is 4.98. The molecule has 1 atom stereocenters. The predicted octanol–water partition coefficient (Wildman–Crippen LogP) is 4.75. The second-order valence-corrected chi connectivity index (χ2v) is 7.10. The standard InChI is InChI=1S/C22H23N3O2S/c1-3-15(2)21-23-20(12-13-28)24-25(21)14-16-8-10-17(11-9-16)18-6-4-5-7-19(18)22(26)27/h4-11,13,15H,3,12,14H2,1-2H3,(H,26,27). The van der Waals surface area contributed by atoms with Gasteiger partial charge in [0.15, 0.2) is 5.82 Å². The largest absolute Gasteiger partial charge is 0.478 e. The maximum absolute atomic E-state index is 11.5. The predicted molar refractivity (Wildman–Crippen MR) is 114 cm³/mol. The Morgan fingerprint density at radius 1 is 1.21 bits per heavy atom. The lowest BCUT2D eigenvalue weighted by molar-refractivity contribution is 0.0697. The number of hydrogen-bond acceptors (Lipinski definition) is 4. The van der Waals surface area contributed by atoms with Crippen LogP contribution in [0.15, 0.2) is 48.5 Å². The normalized spacial score (nSPS) is 11.9. The van der Waals surface area contributed by atoms with Crippen molar-refractivity contribution in [1.29, 1.82) is 0 Å². The van der Waals surface area contributed by atoms with Crippen molar-refractivity contribution >= 4 is 23.6 Å². The fraction of sp³-hybridized carbons (Fsp3) is 0.273. The van der Waals surface area contributed by atoms with E-state index in [9.17, 15) is 9.90 Å². The van der Waals surface area contributed by atoms with Gasteiger partial charge < -0.3 is 5.11 Å². The third kappa shape index (κ3) is 4.34. The van der Waals surface area contributed by atoms with Crippen molar-refractivity contribution in [2.24, 2.45) is 0 Å².